The van der Waals surface area contributed by atoms with Crippen LogP contribution in [-0.4, -0.2) is 39.1 Å². The van der Waals surface area contributed by atoms with Gasteiger partial charge in [-0.05, 0) is 12.6 Å². The molecular formula is C10H14N3O7P-2. The Hall–Kier alpha value is -1.29. The van der Waals surface area contributed by atoms with Crippen LogP contribution in [0.5, 0.6) is 0 Å². The number of aromatic nitrogens is 2. The smallest absolute Gasteiger partial charge is 0.330 e. The maximum Gasteiger partial charge on any atom is 0.330 e. The minimum atomic E-state index is -4.72. The first-order chi connectivity index (χ1) is 9.69. The Labute approximate surface area is 118 Å². The summed E-state index contributed by atoms with van der Waals surface area (Å²) in [4.78, 5) is 45.9. The van der Waals surface area contributed by atoms with Gasteiger partial charge >= 0.3 is 5.69 Å². The van der Waals surface area contributed by atoms with E-state index in [2.05, 4.69) is 0 Å². The van der Waals surface area contributed by atoms with Crippen molar-refractivity contribution in [1.29, 1.82) is 0 Å². The van der Waals surface area contributed by atoms with Gasteiger partial charge in [0, 0.05) is 12.3 Å². The maximum atomic E-state index is 11.6. The molecule has 4 atom stereocenters. The summed E-state index contributed by atoms with van der Waals surface area (Å²) in [6.07, 6.45) is -3.04. The first-order valence-corrected chi connectivity index (χ1v) is 7.83. The second kappa shape index (κ2) is 5.84. The van der Waals surface area contributed by atoms with Crippen LogP contribution >= 0.6 is 7.60 Å². The van der Waals surface area contributed by atoms with E-state index in [0.29, 0.717) is 0 Å². The Morgan fingerprint density at radius 1 is 1.48 bits per heavy atom. The third-order valence-electron chi connectivity index (χ3n) is 3.23. The van der Waals surface area contributed by atoms with E-state index in [4.69, 9.17) is 10.5 Å². The molecule has 1 aliphatic heterocycles. The van der Waals surface area contributed by atoms with Gasteiger partial charge in [-0.15, -0.1) is 0 Å². The second-order valence-electron chi connectivity index (χ2n) is 4.77. The molecular weight excluding hydrogens is 305 g/mol. The number of nitrogens with two attached hydrogens (primary N) is 1. The maximum absolute atomic E-state index is 11.6. The predicted molar refractivity (Wildman–Crippen MR) is 66.3 cm³/mol. The number of nitrogens with zero attached hydrogens (tertiary/aromatic N) is 1. The van der Waals surface area contributed by atoms with Crippen molar-refractivity contribution < 1.29 is 24.2 Å². The average Bonchev–Trinajstić information content (AvgIpc) is 2.64. The van der Waals surface area contributed by atoms with E-state index in [1.165, 1.54) is 0 Å². The number of hydrogen-bond donors (Lipinski definition) is 3. The second-order valence-corrected chi connectivity index (χ2v) is 6.44. The molecule has 4 N–H and O–H groups in total. The molecule has 0 bridgehead atoms. The molecule has 0 saturated carbocycles. The van der Waals surface area contributed by atoms with Crippen LogP contribution in [0.25, 0.3) is 0 Å². The standard InChI is InChI=1S/C10H16N3O7P/c11-7-8(15)5(2-4-21(17,18)19)20-9(7)13-3-1-6(14)12-10(13)16/h1,3,5,7-9,15H,2,4,11H2,(H,12,14,16)(H2,17,18,19)/p-2/t5-,7-,8-,9-/m1/s1. The van der Waals surface area contributed by atoms with Gasteiger partial charge in [-0.25, -0.2) is 4.79 Å². The largest absolute Gasteiger partial charge is 0.811 e. The van der Waals surface area contributed by atoms with Crippen LogP contribution in [0.15, 0.2) is 21.9 Å². The first-order valence-electron chi connectivity index (χ1n) is 6.11. The lowest BCUT2D eigenvalue weighted by atomic mass is 10.1. The van der Waals surface area contributed by atoms with Crippen molar-refractivity contribution in [1.82, 2.24) is 9.55 Å². The number of nitrogens with one attached hydrogen (secondary N) is 1. The van der Waals surface area contributed by atoms with Crippen molar-refractivity contribution in [2.24, 2.45) is 5.73 Å². The van der Waals surface area contributed by atoms with Crippen LogP contribution < -0.4 is 26.8 Å². The van der Waals surface area contributed by atoms with E-state index in [1.54, 1.807) is 0 Å². The van der Waals surface area contributed by atoms with Crippen LogP contribution in [0.1, 0.15) is 12.6 Å². The molecule has 2 rings (SSSR count). The first kappa shape index (κ1) is 16.1. The van der Waals surface area contributed by atoms with Crippen molar-refractivity contribution in [3.63, 3.8) is 0 Å². The van der Waals surface area contributed by atoms with Gasteiger partial charge in [0.05, 0.1) is 18.2 Å². The molecule has 1 aromatic heterocycles. The van der Waals surface area contributed by atoms with Gasteiger partial charge in [0.15, 0.2) is 6.23 Å². The van der Waals surface area contributed by atoms with Crippen molar-refractivity contribution in [3.05, 3.63) is 33.1 Å². The number of aromatic amines is 1. The van der Waals surface area contributed by atoms with Crippen molar-refractivity contribution >= 4 is 7.60 Å². The van der Waals surface area contributed by atoms with E-state index < -0.39 is 49.5 Å². The summed E-state index contributed by atoms with van der Waals surface area (Å²) in [5.41, 5.74) is 4.37. The number of H-pyrrole nitrogens is 1. The fourth-order valence-electron chi connectivity index (χ4n) is 2.17. The number of aliphatic hydroxyl groups is 1. The topological polar surface area (TPSA) is 174 Å². The van der Waals surface area contributed by atoms with Crippen molar-refractivity contribution in [2.45, 2.75) is 30.9 Å². The van der Waals surface area contributed by atoms with E-state index >= 15 is 0 Å². The van der Waals surface area contributed by atoms with Gasteiger partial charge in [0.2, 0.25) is 0 Å². The Balaban J connectivity index is 2.18. The normalized spacial score (nSPS) is 29.7. The SMILES string of the molecule is N[C@@H]1[C@H](O)[C@@H](CCP(=O)([O-])[O-])O[C@H]1n1ccc(=O)[nH]c1=O. The number of rotatable bonds is 4. The molecule has 1 aromatic rings. The quantitative estimate of drug-likeness (QED) is 0.478. The lowest BCUT2D eigenvalue weighted by Gasteiger charge is -2.30. The fourth-order valence-corrected chi connectivity index (χ4v) is 2.74. The fraction of sp³-hybridized carbons (Fsp3) is 0.600. The lowest BCUT2D eigenvalue weighted by molar-refractivity contribution is -0.313. The Morgan fingerprint density at radius 3 is 2.71 bits per heavy atom. The van der Waals surface area contributed by atoms with Gasteiger partial charge in [-0.1, -0.05) is 7.60 Å². The molecule has 1 saturated heterocycles. The molecule has 0 aromatic carbocycles. The van der Waals surface area contributed by atoms with Gasteiger partial charge in [0.1, 0.15) is 0 Å². The summed E-state index contributed by atoms with van der Waals surface area (Å²) in [7, 11) is -4.72. The molecule has 0 aliphatic carbocycles. The van der Waals surface area contributed by atoms with E-state index in [1.807, 2.05) is 4.98 Å². The third kappa shape index (κ3) is 3.67. The minimum absolute atomic E-state index is 0.228. The summed E-state index contributed by atoms with van der Waals surface area (Å²) in [5, 5.41) is 9.90. The molecule has 2 heterocycles. The Morgan fingerprint density at radius 2 is 2.14 bits per heavy atom. The van der Waals surface area contributed by atoms with Gasteiger partial charge in [-0.3, -0.25) is 14.3 Å². The lowest BCUT2D eigenvalue weighted by Crippen LogP contribution is -2.42. The summed E-state index contributed by atoms with van der Waals surface area (Å²) < 4.78 is 17.0. The minimum Gasteiger partial charge on any atom is -0.811 e. The van der Waals surface area contributed by atoms with Crippen LogP contribution in [0.3, 0.4) is 0 Å². The Bertz CT molecular complexity index is 665. The average molecular weight is 319 g/mol. The predicted octanol–water partition coefficient (Wildman–Crippen LogP) is -3.57. The van der Waals surface area contributed by atoms with Gasteiger partial charge in [-0.2, -0.15) is 0 Å². The Kier molecular flexibility index (Phi) is 4.47. The van der Waals surface area contributed by atoms with Crippen LogP contribution in [0.4, 0.5) is 0 Å². The zero-order valence-electron chi connectivity index (χ0n) is 10.7. The van der Waals surface area contributed by atoms with Crippen LogP contribution in [0, 0.1) is 0 Å². The van der Waals surface area contributed by atoms with Crippen LogP contribution in [-0.2, 0) is 9.30 Å². The number of hydrogen-bond acceptors (Lipinski definition) is 8. The molecule has 1 fully saturated rings. The summed E-state index contributed by atoms with van der Waals surface area (Å²) in [5.74, 6) is 0. The molecule has 11 heteroatoms. The molecule has 1 aliphatic rings. The number of ether oxygens (including phenoxy) is 1. The monoisotopic (exact) mass is 319 g/mol. The molecule has 10 nitrogen and oxygen atoms in total. The molecule has 0 radical (unpaired) electrons. The van der Waals surface area contributed by atoms with E-state index in [9.17, 15) is 29.0 Å². The summed E-state index contributed by atoms with van der Waals surface area (Å²) in [6.45, 7) is 0. The highest BCUT2D eigenvalue weighted by Gasteiger charge is 2.42. The molecule has 0 spiro atoms. The molecule has 118 valence electrons. The zero-order valence-corrected chi connectivity index (χ0v) is 11.6. The van der Waals surface area contributed by atoms with E-state index in [-0.39, 0.29) is 6.42 Å². The zero-order chi connectivity index (χ0) is 15.8. The van der Waals surface area contributed by atoms with Crippen LogP contribution in [0.2, 0.25) is 0 Å². The van der Waals surface area contributed by atoms with Crippen molar-refractivity contribution in [2.75, 3.05) is 6.16 Å². The molecule has 0 amide bonds. The highest BCUT2D eigenvalue weighted by Crippen LogP contribution is 2.32. The summed E-state index contributed by atoms with van der Waals surface area (Å²) >= 11 is 0. The highest BCUT2D eigenvalue weighted by molar-refractivity contribution is 7.48. The third-order valence-corrected chi connectivity index (χ3v) is 4.04. The van der Waals surface area contributed by atoms with Gasteiger partial charge in [0.25, 0.3) is 5.56 Å². The van der Waals surface area contributed by atoms with Gasteiger partial charge < -0.3 is 29.9 Å². The highest BCUT2D eigenvalue weighted by atomic mass is 31.2. The molecule has 21 heavy (non-hydrogen) atoms. The summed E-state index contributed by atoms with van der Waals surface area (Å²) in [6, 6.07) is 0.0806. The van der Waals surface area contributed by atoms with E-state index in [0.717, 1.165) is 16.8 Å². The van der Waals surface area contributed by atoms with Crippen molar-refractivity contribution in [3.8, 4) is 0 Å². The number of aliphatic hydroxyl groups excluding tert-OH is 1. The molecule has 0 unspecified atom stereocenters.